The van der Waals surface area contributed by atoms with E-state index in [9.17, 15) is 4.79 Å². The molecule has 1 aromatic heterocycles. The third-order valence-corrected chi connectivity index (χ3v) is 1.49. The van der Waals surface area contributed by atoms with Crippen LogP contribution in [0.15, 0.2) is 12.4 Å². The van der Waals surface area contributed by atoms with Gasteiger partial charge in [-0.15, -0.1) is 0 Å². The van der Waals surface area contributed by atoms with Crippen LogP contribution in [-0.2, 0) is 4.74 Å². The summed E-state index contributed by atoms with van der Waals surface area (Å²) in [6.45, 7) is 1.13. The van der Waals surface area contributed by atoms with Crippen LogP contribution in [0, 0.1) is 0 Å². The number of aromatic carboxylic acids is 1. The molecule has 0 saturated carbocycles. The van der Waals surface area contributed by atoms with Crippen LogP contribution in [0.25, 0.3) is 0 Å². The molecule has 0 amide bonds. The zero-order valence-corrected chi connectivity index (χ0v) is 7.73. The number of methoxy groups -OCH3 is 1. The molecule has 1 heterocycles. The summed E-state index contributed by atoms with van der Waals surface area (Å²) in [5, 5.41) is 11.4. The monoisotopic (exact) mass is 197 g/mol. The van der Waals surface area contributed by atoms with Gasteiger partial charge in [0.1, 0.15) is 0 Å². The van der Waals surface area contributed by atoms with Crippen LogP contribution in [0.2, 0.25) is 0 Å². The number of hydrogen-bond acceptors (Lipinski definition) is 5. The molecule has 0 radical (unpaired) electrons. The Morgan fingerprint density at radius 1 is 1.57 bits per heavy atom. The molecule has 2 N–H and O–H groups in total. The van der Waals surface area contributed by atoms with Gasteiger partial charge < -0.3 is 15.2 Å². The van der Waals surface area contributed by atoms with Crippen molar-refractivity contribution in [1.29, 1.82) is 0 Å². The fourth-order valence-electron chi connectivity index (χ4n) is 0.795. The maximum absolute atomic E-state index is 10.5. The minimum absolute atomic E-state index is 0.0716. The molecule has 1 aromatic rings. The number of carboxylic acids is 1. The van der Waals surface area contributed by atoms with Crippen molar-refractivity contribution in [3.63, 3.8) is 0 Å². The molecule has 0 aromatic carbocycles. The first-order valence-electron chi connectivity index (χ1n) is 4.02. The van der Waals surface area contributed by atoms with E-state index in [4.69, 9.17) is 9.84 Å². The Morgan fingerprint density at radius 3 is 2.71 bits per heavy atom. The van der Waals surface area contributed by atoms with E-state index in [0.29, 0.717) is 19.1 Å². The van der Waals surface area contributed by atoms with Crippen LogP contribution < -0.4 is 5.32 Å². The first-order chi connectivity index (χ1) is 6.74. The lowest BCUT2D eigenvalue weighted by atomic mass is 10.3. The zero-order chi connectivity index (χ0) is 10.4. The Morgan fingerprint density at radius 2 is 2.21 bits per heavy atom. The normalized spacial score (nSPS) is 9.79. The van der Waals surface area contributed by atoms with Crippen molar-refractivity contribution in [1.82, 2.24) is 9.97 Å². The van der Waals surface area contributed by atoms with E-state index < -0.39 is 5.97 Å². The molecule has 6 heteroatoms. The van der Waals surface area contributed by atoms with Gasteiger partial charge in [0, 0.05) is 26.0 Å². The predicted octanol–water partition coefficient (Wildman–Crippen LogP) is 0.233. The van der Waals surface area contributed by atoms with E-state index in [1.807, 2.05) is 0 Å². The molecular weight excluding hydrogens is 186 g/mol. The van der Waals surface area contributed by atoms with Crippen molar-refractivity contribution in [2.24, 2.45) is 0 Å². The van der Waals surface area contributed by atoms with E-state index >= 15 is 0 Å². The number of aromatic nitrogens is 2. The molecule has 0 atom stereocenters. The van der Waals surface area contributed by atoms with Gasteiger partial charge in [-0.05, 0) is 0 Å². The molecule has 0 aliphatic rings. The number of anilines is 1. The van der Waals surface area contributed by atoms with E-state index in [1.54, 1.807) is 7.11 Å². The predicted molar refractivity (Wildman–Crippen MR) is 49.4 cm³/mol. The Labute approximate surface area is 80.9 Å². The van der Waals surface area contributed by atoms with Crippen LogP contribution in [0.3, 0.4) is 0 Å². The summed E-state index contributed by atoms with van der Waals surface area (Å²) in [5.74, 6) is -0.638. The highest BCUT2D eigenvalue weighted by molar-refractivity contribution is 5.86. The SMILES string of the molecule is COCCNc1ncc(C(=O)O)cn1. The molecule has 0 aliphatic carbocycles. The number of carboxylic acid groups (broad SMARTS) is 1. The van der Waals surface area contributed by atoms with Gasteiger partial charge in [-0.1, -0.05) is 0 Å². The van der Waals surface area contributed by atoms with Gasteiger partial charge in [0.05, 0.1) is 12.2 Å². The first kappa shape index (κ1) is 10.4. The largest absolute Gasteiger partial charge is 0.478 e. The minimum Gasteiger partial charge on any atom is -0.478 e. The van der Waals surface area contributed by atoms with Crippen molar-refractivity contribution >= 4 is 11.9 Å². The third-order valence-electron chi connectivity index (χ3n) is 1.49. The molecule has 6 nitrogen and oxygen atoms in total. The Kier molecular flexibility index (Phi) is 3.81. The third kappa shape index (κ3) is 2.98. The number of ether oxygens (including phenoxy) is 1. The summed E-state index contributed by atoms with van der Waals surface area (Å²) in [4.78, 5) is 18.1. The van der Waals surface area contributed by atoms with Gasteiger partial charge in [0.25, 0.3) is 0 Å². The molecule has 0 bridgehead atoms. The quantitative estimate of drug-likeness (QED) is 0.657. The van der Waals surface area contributed by atoms with Gasteiger partial charge in [0.15, 0.2) is 0 Å². The Bertz CT molecular complexity index is 299. The average Bonchev–Trinajstić information content (AvgIpc) is 2.19. The van der Waals surface area contributed by atoms with E-state index in [2.05, 4.69) is 15.3 Å². The Balaban J connectivity index is 2.51. The molecule has 0 aliphatic heterocycles. The van der Waals surface area contributed by atoms with Crippen LogP contribution in [0.5, 0.6) is 0 Å². The maximum Gasteiger partial charge on any atom is 0.338 e. The molecule has 0 fully saturated rings. The van der Waals surface area contributed by atoms with Crippen molar-refractivity contribution in [2.45, 2.75) is 0 Å². The fraction of sp³-hybridized carbons (Fsp3) is 0.375. The second-order valence-electron chi connectivity index (χ2n) is 2.52. The standard InChI is InChI=1S/C8H11N3O3/c1-14-3-2-9-8-10-4-6(5-11-8)7(12)13/h4-5H,2-3H2,1H3,(H,12,13)(H,9,10,11). The topological polar surface area (TPSA) is 84.3 Å². The summed E-state index contributed by atoms with van der Waals surface area (Å²) in [6, 6.07) is 0. The van der Waals surface area contributed by atoms with Crippen molar-refractivity contribution < 1.29 is 14.6 Å². The highest BCUT2D eigenvalue weighted by Crippen LogP contribution is 1.99. The molecule has 0 unspecified atom stereocenters. The lowest BCUT2D eigenvalue weighted by Gasteiger charge is -2.02. The highest BCUT2D eigenvalue weighted by Gasteiger charge is 2.03. The molecule has 76 valence electrons. The fourth-order valence-corrected chi connectivity index (χ4v) is 0.795. The van der Waals surface area contributed by atoms with Crippen LogP contribution in [-0.4, -0.2) is 41.3 Å². The van der Waals surface area contributed by atoms with Gasteiger partial charge in [0.2, 0.25) is 5.95 Å². The lowest BCUT2D eigenvalue weighted by molar-refractivity contribution is 0.0696. The van der Waals surface area contributed by atoms with Gasteiger partial charge >= 0.3 is 5.97 Å². The number of nitrogens with one attached hydrogen (secondary N) is 1. The van der Waals surface area contributed by atoms with Gasteiger partial charge in [-0.25, -0.2) is 14.8 Å². The minimum atomic E-state index is -1.03. The average molecular weight is 197 g/mol. The Hall–Kier alpha value is -1.69. The second kappa shape index (κ2) is 5.13. The van der Waals surface area contributed by atoms with E-state index in [-0.39, 0.29) is 5.56 Å². The number of nitrogens with zero attached hydrogens (tertiary/aromatic N) is 2. The molecule has 0 spiro atoms. The van der Waals surface area contributed by atoms with Crippen LogP contribution in [0.1, 0.15) is 10.4 Å². The summed E-state index contributed by atoms with van der Waals surface area (Å²) >= 11 is 0. The number of rotatable bonds is 5. The lowest BCUT2D eigenvalue weighted by Crippen LogP contribution is -2.10. The number of hydrogen-bond donors (Lipinski definition) is 2. The van der Waals surface area contributed by atoms with Crippen LogP contribution >= 0.6 is 0 Å². The summed E-state index contributed by atoms with van der Waals surface area (Å²) in [6.07, 6.45) is 2.51. The smallest absolute Gasteiger partial charge is 0.338 e. The molecule has 0 saturated heterocycles. The van der Waals surface area contributed by atoms with Gasteiger partial charge in [-0.3, -0.25) is 0 Å². The van der Waals surface area contributed by atoms with E-state index in [1.165, 1.54) is 12.4 Å². The summed E-state index contributed by atoms with van der Waals surface area (Å²) in [5.41, 5.74) is 0.0716. The van der Waals surface area contributed by atoms with Crippen LogP contribution in [0.4, 0.5) is 5.95 Å². The summed E-state index contributed by atoms with van der Waals surface area (Å²) < 4.78 is 4.81. The molecule has 14 heavy (non-hydrogen) atoms. The van der Waals surface area contributed by atoms with E-state index in [0.717, 1.165) is 0 Å². The second-order valence-corrected chi connectivity index (χ2v) is 2.52. The summed E-state index contributed by atoms with van der Waals surface area (Å²) in [7, 11) is 1.59. The highest BCUT2D eigenvalue weighted by atomic mass is 16.5. The van der Waals surface area contributed by atoms with Crippen molar-refractivity contribution in [3.8, 4) is 0 Å². The van der Waals surface area contributed by atoms with Crippen molar-refractivity contribution in [3.05, 3.63) is 18.0 Å². The number of carbonyl (C=O) groups is 1. The van der Waals surface area contributed by atoms with Crippen molar-refractivity contribution in [2.75, 3.05) is 25.6 Å². The first-order valence-corrected chi connectivity index (χ1v) is 4.02. The zero-order valence-electron chi connectivity index (χ0n) is 7.73. The molecular formula is C8H11N3O3. The maximum atomic E-state index is 10.5. The van der Waals surface area contributed by atoms with Gasteiger partial charge in [-0.2, -0.15) is 0 Å². The molecule has 1 rings (SSSR count).